The molecule has 0 spiro atoms. The number of hydrogen-bond acceptors (Lipinski definition) is 4. The van der Waals surface area contributed by atoms with Crippen molar-refractivity contribution >= 4 is 23.7 Å². The van der Waals surface area contributed by atoms with Crippen LogP contribution in [0, 0.1) is 0 Å². The van der Waals surface area contributed by atoms with Crippen LogP contribution in [0.5, 0.6) is 0 Å². The number of carbonyl (C=O) groups is 3. The molecule has 1 unspecified atom stereocenters. The molecule has 2 rings (SSSR count). The van der Waals surface area contributed by atoms with E-state index in [2.05, 4.69) is 15.7 Å². The van der Waals surface area contributed by atoms with Crippen LogP contribution in [0.15, 0.2) is 42.7 Å². The molecule has 0 radical (unpaired) electrons. The summed E-state index contributed by atoms with van der Waals surface area (Å²) in [5.74, 6) is -0.694. The maximum absolute atomic E-state index is 12.2. The molecular weight excluding hydrogens is 302 g/mol. The van der Waals surface area contributed by atoms with Gasteiger partial charge in [-0.3, -0.25) is 19.7 Å². The molecular formula is C14H15N5O4. The fourth-order valence-corrected chi connectivity index (χ4v) is 1.75. The van der Waals surface area contributed by atoms with E-state index in [9.17, 15) is 14.4 Å². The topological polar surface area (TPSA) is 125 Å². The fourth-order valence-electron chi connectivity index (χ4n) is 1.75. The van der Waals surface area contributed by atoms with Crippen molar-refractivity contribution in [2.75, 3.05) is 10.7 Å². The van der Waals surface area contributed by atoms with Gasteiger partial charge in [-0.1, -0.05) is 6.07 Å². The molecule has 3 amide bonds. The highest BCUT2D eigenvalue weighted by Crippen LogP contribution is 2.06. The lowest BCUT2D eigenvalue weighted by molar-refractivity contribution is -0.118. The Morgan fingerprint density at radius 1 is 1.22 bits per heavy atom. The van der Waals surface area contributed by atoms with E-state index in [4.69, 9.17) is 5.11 Å². The highest BCUT2D eigenvalue weighted by molar-refractivity contribution is 6.03. The first-order chi connectivity index (χ1) is 11.0. The van der Waals surface area contributed by atoms with Gasteiger partial charge in [0.2, 0.25) is 0 Å². The van der Waals surface area contributed by atoms with Crippen LogP contribution < -0.4 is 16.1 Å². The van der Waals surface area contributed by atoms with Crippen molar-refractivity contribution in [2.45, 2.75) is 13.0 Å². The fraction of sp³-hybridized carbons (Fsp3) is 0.143. The lowest BCUT2D eigenvalue weighted by Gasteiger charge is -2.14. The number of aromatic nitrogens is 2. The predicted molar refractivity (Wildman–Crippen MR) is 81.6 cm³/mol. The molecule has 9 nitrogen and oxygen atoms in total. The third kappa shape index (κ3) is 4.30. The standard InChI is InChI=1S/C14H15N5O4/c1-9(16-14(22)23)12(20)18-19-8-4-5-10(19)13(21)17-11-6-2-3-7-15-11/h2-9,16H,1H3,(H,18,20)(H,22,23)(H,15,17,21). The second kappa shape index (κ2) is 7.07. The minimum absolute atomic E-state index is 0.173. The summed E-state index contributed by atoms with van der Waals surface area (Å²) in [7, 11) is 0. The van der Waals surface area contributed by atoms with Crippen molar-refractivity contribution in [3.8, 4) is 0 Å². The quantitative estimate of drug-likeness (QED) is 0.651. The Morgan fingerprint density at radius 2 is 2.00 bits per heavy atom. The first-order valence-corrected chi connectivity index (χ1v) is 6.67. The van der Waals surface area contributed by atoms with Gasteiger partial charge in [-0.15, -0.1) is 0 Å². The van der Waals surface area contributed by atoms with Crippen LogP contribution in [-0.4, -0.2) is 38.7 Å². The number of carbonyl (C=O) groups excluding carboxylic acids is 2. The Bertz CT molecular complexity index is 713. The highest BCUT2D eigenvalue weighted by atomic mass is 16.4. The van der Waals surface area contributed by atoms with Gasteiger partial charge in [0, 0.05) is 12.4 Å². The van der Waals surface area contributed by atoms with Crippen LogP contribution in [0.25, 0.3) is 0 Å². The number of rotatable bonds is 5. The SMILES string of the molecule is CC(NC(=O)O)C(=O)Nn1cccc1C(=O)Nc1ccccn1. The van der Waals surface area contributed by atoms with Crippen molar-refractivity contribution in [3.05, 3.63) is 48.4 Å². The number of anilines is 1. The zero-order valence-electron chi connectivity index (χ0n) is 12.2. The molecule has 2 aromatic rings. The van der Waals surface area contributed by atoms with Crippen LogP contribution in [0.3, 0.4) is 0 Å². The Hall–Kier alpha value is -3.36. The lowest BCUT2D eigenvalue weighted by Crippen LogP contribution is -2.43. The van der Waals surface area contributed by atoms with Gasteiger partial charge in [0.1, 0.15) is 17.6 Å². The number of amides is 3. The van der Waals surface area contributed by atoms with E-state index in [-0.39, 0.29) is 5.69 Å². The molecule has 23 heavy (non-hydrogen) atoms. The molecule has 0 aliphatic rings. The molecule has 2 heterocycles. The summed E-state index contributed by atoms with van der Waals surface area (Å²) < 4.78 is 1.21. The van der Waals surface area contributed by atoms with Crippen LogP contribution >= 0.6 is 0 Å². The highest BCUT2D eigenvalue weighted by Gasteiger charge is 2.18. The largest absolute Gasteiger partial charge is 0.465 e. The Labute approximate surface area is 131 Å². The molecule has 1 atom stereocenters. The molecule has 120 valence electrons. The monoisotopic (exact) mass is 317 g/mol. The Morgan fingerprint density at radius 3 is 2.65 bits per heavy atom. The van der Waals surface area contributed by atoms with E-state index in [1.807, 2.05) is 5.32 Å². The maximum Gasteiger partial charge on any atom is 0.405 e. The minimum atomic E-state index is -1.31. The molecule has 0 bridgehead atoms. The smallest absolute Gasteiger partial charge is 0.405 e. The summed E-state index contributed by atoms with van der Waals surface area (Å²) in [6, 6.07) is 7.18. The molecule has 0 aliphatic heterocycles. The van der Waals surface area contributed by atoms with Crippen LogP contribution in [0.1, 0.15) is 17.4 Å². The van der Waals surface area contributed by atoms with Gasteiger partial charge in [0.05, 0.1) is 0 Å². The van der Waals surface area contributed by atoms with Crippen molar-refractivity contribution in [3.63, 3.8) is 0 Å². The molecule has 2 aromatic heterocycles. The first kappa shape index (κ1) is 16.0. The Balaban J connectivity index is 2.05. The van der Waals surface area contributed by atoms with Crippen LogP contribution in [0.2, 0.25) is 0 Å². The third-order valence-corrected chi connectivity index (χ3v) is 2.85. The molecule has 9 heteroatoms. The molecule has 0 saturated carbocycles. The van der Waals surface area contributed by atoms with E-state index in [1.165, 1.54) is 30.1 Å². The van der Waals surface area contributed by atoms with E-state index < -0.39 is 23.9 Å². The zero-order valence-corrected chi connectivity index (χ0v) is 12.2. The average molecular weight is 317 g/mol. The van der Waals surface area contributed by atoms with Crippen LogP contribution in [-0.2, 0) is 4.79 Å². The average Bonchev–Trinajstić information content (AvgIpc) is 2.95. The van der Waals surface area contributed by atoms with Crippen molar-refractivity contribution in [2.24, 2.45) is 0 Å². The summed E-state index contributed by atoms with van der Waals surface area (Å²) in [6.07, 6.45) is 1.70. The summed E-state index contributed by atoms with van der Waals surface area (Å²) >= 11 is 0. The van der Waals surface area contributed by atoms with Crippen molar-refractivity contribution < 1.29 is 19.5 Å². The van der Waals surface area contributed by atoms with E-state index in [0.717, 1.165) is 0 Å². The lowest BCUT2D eigenvalue weighted by atomic mass is 10.3. The zero-order chi connectivity index (χ0) is 16.8. The number of hydrogen-bond donors (Lipinski definition) is 4. The number of nitrogens with zero attached hydrogens (tertiary/aromatic N) is 2. The summed E-state index contributed by atoms with van der Waals surface area (Å²) in [5, 5.41) is 13.2. The van der Waals surface area contributed by atoms with Crippen molar-refractivity contribution in [1.29, 1.82) is 0 Å². The van der Waals surface area contributed by atoms with E-state index in [1.54, 1.807) is 24.3 Å². The summed E-state index contributed by atoms with van der Waals surface area (Å²) in [6.45, 7) is 1.39. The van der Waals surface area contributed by atoms with Gasteiger partial charge in [-0.25, -0.2) is 9.78 Å². The molecule has 4 N–H and O–H groups in total. The molecule has 0 aromatic carbocycles. The first-order valence-electron chi connectivity index (χ1n) is 6.67. The van der Waals surface area contributed by atoms with Gasteiger partial charge in [0.25, 0.3) is 11.8 Å². The van der Waals surface area contributed by atoms with Gasteiger partial charge in [-0.2, -0.15) is 0 Å². The molecule has 0 saturated heterocycles. The minimum Gasteiger partial charge on any atom is -0.465 e. The summed E-state index contributed by atoms with van der Waals surface area (Å²) in [4.78, 5) is 38.6. The van der Waals surface area contributed by atoms with Gasteiger partial charge >= 0.3 is 6.09 Å². The molecule has 0 fully saturated rings. The number of carboxylic acid groups (broad SMARTS) is 1. The maximum atomic E-state index is 12.2. The number of pyridine rings is 1. The van der Waals surface area contributed by atoms with Crippen molar-refractivity contribution in [1.82, 2.24) is 15.0 Å². The second-order valence-corrected chi connectivity index (χ2v) is 4.58. The van der Waals surface area contributed by atoms with E-state index in [0.29, 0.717) is 5.82 Å². The third-order valence-electron chi connectivity index (χ3n) is 2.85. The number of nitrogens with one attached hydrogen (secondary N) is 3. The van der Waals surface area contributed by atoms with Crippen LogP contribution in [0.4, 0.5) is 10.6 Å². The second-order valence-electron chi connectivity index (χ2n) is 4.58. The van der Waals surface area contributed by atoms with E-state index >= 15 is 0 Å². The van der Waals surface area contributed by atoms with Gasteiger partial charge in [-0.05, 0) is 31.2 Å². The summed E-state index contributed by atoms with van der Waals surface area (Å²) in [5.41, 5.74) is 2.61. The normalized spacial score (nSPS) is 11.3. The predicted octanol–water partition coefficient (Wildman–Crippen LogP) is 0.862. The van der Waals surface area contributed by atoms with Gasteiger partial charge < -0.3 is 15.7 Å². The molecule has 0 aliphatic carbocycles. The Kier molecular flexibility index (Phi) is 4.92. The van der Waals surface area contributed by atoms with Gasteiger partial charge in [0.15, 0.2) is 0 Å².